The second kappa shape index (κ2) is 12.0. The zero-order chi connectivity index (χ0) is 24.5. The molecule has 0 saturated heterocycles. The number of amides is 1. The van der Waals surface area contributed by atoms with Gasteiger partial charge in [0, 0.05) is 30.9 Å². The van der Waals surface area contributed by atoms with Crippen LogP contribution in [0.25, 0.3) is 0 Å². The molecule has 6 N–H and O–H groups in total. The van der Waals surface area contributed by atoms with E-state index in [9.17, 15) is 15.0 Å². The molecule has 1 amide bonds. The average Bonchev–Trinajstić information content (AvgIpc) is 2.82. The number of phenols is 1. The molecule has 0 saturated carbocycles. The van der Waals surface area contributed by atoms with E-state index < -0.39 is 6.10 Å². The van der Waals surface area contributed by atoms with Crippen molar-refractivity contribution in [2.24, 2.45) is 0 Å². The number of nitrogens with one attached hydrogen (secondary N) is 2. The van der Waals surface area contributed by atoms with E-state index in [1.54, 1.807) is 36.5 Å². The number of phenolic OH excluding ortho intramolecular Hbond substituents is 1. The topological polar surface area (TPSA) is 130 Å². The maximum atomic E-state index is 12.4. The van der Waals surface area contributed by atoms with Gasteiger partial charge in [0.2, 0.25) is 5.91 Å². The molecule has 3 rings (SSSR count). The van der Waals surface area contributed by atoms with Gasteiger partial charge in [-0.25, -0.2) is 4.98 Å². The van der Waals surface area contributed by atoms with Gasteiger partial charge in [-0.05, 0) is 48.2 Å². The number of hydrogen-bond donors (Lipinski definition) is 5. The molecule has 3 aromatic rings. The molecule has 2 atom stereocenters. The van der Waals surface area contributed by atoms with Crippen molar-refractivity contribution in [1.29, 1.82) is 0 Å². The highest BCUT2D eigenvalue weighted by Gasteiger charge is 2.11. The number of aromatic nitrogens is 1. The first kappa shape index (κ1) is 25.0. The molecule has 0 radical (unpaired) electrons. The number of anilines is 1. The molecule has 1 aromatic heterocycles. The summed E-state index contributed by atoms with van der Waals surface area (Å²) < 4.78 is 5.10. The van der Waals surface area contributed by atoms with Crippen molar-refractivity contribution >= 4 is 11.7 Å². The lowest BCUT2D eigenvalue weighted by Gasteiger charge is -2.18. The van der Waals surface area contributed by atoms with Crippen LogP contribution in [-0.2, 0) is 24.2 Å². The molecule has 0 bridgehead atoms. The van der Waals surface area contributed by atoms with E-state index in [1.165, 1.54) is 7.11 Å². The number of aromatic hydroxyl groups is 1. The first-order valence-electron chi connectivity index (χ1n) is 11.2. The molecule has 0 spiro atoms. The molecule has 0 aliphatic rings. The molecule has 0 aliphatic heterocycles. The Labute approximate surface area is 199 Å². The first-order chi connectivity index (χ1) is 16.3. The largest absolute Gasteiger partial charge is 0.504 e. The highest BCUT2D eigenvalue weighted by molar-refractivity contribution is 5.78. The fraction of sp³-hybridized carbons (Fsp3) is 0.308. The number of nitrogens with zero attached hydrogens (tertiary/aromatic N) is 1. The summed E-state index contributed by atoms with van der Waals surface area (Å²) in [6, 6.07) is 16.5. The summed E-state index contributed by atoms with van der Waals surface area (Å²) in [5.41, 5.74) is 9.18. The number of aliphatic hydroxyl groups excluding tert-OH is 1. The Hall–Kier alpha value is -3.62. The Morgan fingerprint density at radius 1 is 1.12 bits per heavy atom. The first-order valence-corrected chi connectivity index (χ1v) is 11.2. The maximum absolute atomic E-state index is 12.4. The molecule has 1 heterocycles. The van der Waals surface area contributed by atoms with Crippen LogP contribution in [0.4, 0.5) is 5.82 Å². The van der Waals surface area contributed by atoms with Gasteiger partial charge in [-0.2, -0.15) is 0 Å². The monoisotopic (exact) mass is 464 g/mol. The van der Waals surface area contributed by atoms with Crippen LogP contribution in [0.3, 0.4) is 0 Å². The summed E-state index contributed by atoms with van der Waals surface area (Å²) in [4.78, 5) is 16.4. The third kappa shape index (κ3) is 7.47. The molecular weight excluding hydrogens is 432 g/mol. The Morgan fingerprint density at radius 2 is 1.91 bits per heavy atom. The van der Waals surface area contributed by atoms with Crippen molar-refractivity contribution < 1.29 is 19.7 Å². The van der Waals surface area contributed by atoms with Crippen molar-refractivity contribution in [1.82, 2.24) is 15.6 Å². The van der Waals surface area contributed by atoms with Crippen LogP contribution in [0.1, 0.15) is 35.3 Å². The molecule has 0 fully saturated rings. The van der Waals surface area contributed by atoms with Gasteiger partial charge in [-0.1, -0.05) is 36.4 Å². The molecule has 8 heteroatoms. The van der Waals surface area contributed by atoms with Crippen molar-refractivity contribution in [2.45, 2.75) is 38.5 Å². The average molecular weight is 465 g/mol. The van der Waals surface area contributed by atoms with Gasteiger partial charge in [0.15, 0.2) is 11.5 Å². The number of rotatable bonds is 11. The molecule has 180 valence electrons. The fourth-order valence-electron chi connectivity index (χ4n) is 3.62. The van der Waals surface area contributed by atoms with E-state index in [0.717, 1.165) is 23.1 Å². The third-order valence-corrected chi connectivity index (χ3v) is 5.49. The molecule has 0 aliphatic carbocycles. The van der Waals surface area contributed by atoms with Gasteiger partial charge in [0.05, 0.1) is 19.6 Å². The lowest BCUT2D eigenvalue weighted by atomic mass is 10.0. The summed E-state index contributed by atoms with van der Waals surface area (Å²) in [6.45, 7) is 2.80. The highest BCUT2D eigenvalue weighted by atomic mass is 16.5. The van der Waals surface area contributed by atoms with Crippen LogP contribution in [0, 0.1) is 0 Å². The minimum Gasteiger partial charge on any atom is -0.504 e. The molecule has 2 aromatic carbocycles. The number of methoxy groups -OCH3 is 1. The molecule has 8 nitrogen and oxygen atoms in total. The van der Waals surface area contributed by atoms with E-state index >= 15 is 0 Å². The summed E-state index contributed by atoms with van der Waals surface area (Å²) >= 11 is 0. The van der Waals surface area contributed by atoms with Crippen molar-refractivity contribution in [3.8, 4) is 11.5 Å². The van der Waals surface area contributed by atoms with Crippen molar-refractivity contribution in [2.75, 3.05) is 19.4 Å². The number of hydrogen-bond acceptors (Lipinski definition) is 7. The van der Waals surface area contributed by atoms with Crippen LogP contribution in [0.15, 0.2) is 60.8 Å². The maximum Gasteiger partial charge on any atom is 0.224 e. The summed E-state index contributed by atoms with van der Waals surface area (Å²) in [7, 11) is 1.49. The van der Waals surface area contributed by atoms with E-state index in [1.807, 2.05) is 24.3 Å². The van der Waals surface area contributed by atoms with Crippen molar-refractivity contribution in [3.63, 3.8) is 0 Å². The Morgan fingerprint density at radius 3 is 2.65 bits per heavy atom. The van der Waals surface area contributed by atoms with E-state index in [0.29, 0.717) is 30.2 Å². The summed E-state index contributed by atoms with van der Waals surface area (Å²) in [5, 5.41) is 26.3. The van der Waals surface area contributed by atoms with Gasteiger partial charge in [-0.3, -0.25) is 4.79 Å². The van der Waals surface area contributed by atoms with Crippen LogP contribution < -0.4 is 21.1 Å². The van der Waals surface area contributed by atoms with Crippen molar-refractivity contribution in [3.05, 3.63) is 83.0 Å². The zero-order valence-corrected chi connectivity index (χ0v) is 19.5. The van der Waals surface area contributed by atoms with Crippen LogP contribution in [-0.4, -0.2) is 40.8 Å². The molecule has 34 heavy (non-hydrogen) atoms. The lowest BCUT2D eigenvalue weighted by molar-refractivity contribution is -0.120. The summed E-state index contributed by atoms with van der Waals surface area (Å²) in [6.07, 6.45) is 1.95. The fourth-order valence-corrected chi connectivity index (χ4v) is 3.62. The third-order valence-electron chi connectivity index (χ3n) is 5.49. The minimum atomic E-state index is -0.667. The second-order valence-corrected chi connectivity index (χ2v) is 8.33. The van der Waals surface area contributed by atoms with Crippen LogP contribution in [0.2, 0.25) is 0 Å². The van der Waals surface area contributed by atoms with Crippen LogP contribution in [0.5, 0.6) is 11.5 Å². The number of nitrogens with two attached hydrogens (primary N) is 1. The van der Waals surface area contributed by atoms with E-state index in [4.69, 9.17) is 10.5 Å². The number of carbonyl (C=O) groups excluding carboxylic acids is 1. The predicted octanol–water partition coefficient (Wildman–Crippen LogP) is 2.49. The van der Waals surface area contributed by atoms with Gasteiger partial charge < -0.3 is 31.3 Å². The van der Waals surface area contributed by atoms with Gasteiger partial charge in [0.25, 0.3) is 0 Å². The number of nitrogen functional groups attached to an aromatic ring is 1. The summed E-state index contributed by atoms with van der Waals surface area (Å²) in [5.74, 6) is 0.775. The quantitative estimate of drug-likeness (QED) is 0.295. The smallest absolute Gasteiger partial charge is 0.224 e. The number of benzene rings is 2. The molecular formula is C26H32N4O4. The normalized spacial score (nSPS) is 12.7. The Bertz CT molecular complexity index is 1090. The zero-order valence-electron chi connectivity index (χ0n) is 19.5. The number of pyridine rings is 1. The minimum absolute atomic E-state index is 0.0647. The Kier molecular flexibility index (Phi) is 8.84. The van der Waals surface area contributed by atoms with E-state index in [2.05, 4.69) is 22.5 Å². The lowest BCUT2D eigenvalue weighted by Crippen LogP contribution is -2.32. The van der Waals surface area contributed by atoms with Crippen LogP contribution >= 0.6 is 0 Å². The second-order valence-electron chi connectivity index (χ2n) is 8.33. The number of aliphatic hydroxyl groups is 1. The highest BCUT2D eigenvalue weighted by Crippen LogP contribution is 2.26. The molecule has 0 unspecified atom stereocenters. The Balaban J connectivity index is 1.47. The van der Waals surface area contributed by atoms with Gasteiger partial charge >= 0.3 is 0 Å². The predicted molar refractivity (Wildman–Crippen MR) is 131 cm³/mol. The number of ether oxygens (including phenoxy) is 1. The standard InChI is InChI=1S/C26H32N4O4/c1-17(28-16-23(32)21-7-9-25(27)29-15-21)10-18-4-3-5-19(11-18)13-26(33)30-14-20-6-8-22(31)24(12-20)34-2/h3-9,11-12,15,17,23,28,31-32H,10,13-14,16H2,1-2H3,(H2,27,29)(H,30,33)/t17-,23-/m1/s1. The van der Waals surface area contributed by atoms with Gasteiger partial charge in [0.1, 0.15) is 5.82 Å². The SMILES string of the molecule is COc1cc(CNC(=O)Cc2cccc(C[C@@H](C)NC[C@@H](O)c3ccc(N)nc3)c2)ccc1O. The number of carbonyl (C=O) groups is 1. The van der Waals surface area contributed by atoms with E-state index in [-0.39, 0.29) is 24.1 Å². The van der Waals surface area contributed by atoms with Gasteiger partial charge in [-0.15, -0.1) is 0 Å².